The molecule has 14 heavy (non-hydrogen) atoms. The van der Waals surface area contributed by atoms with Crippen molar-refractivity contribution in [2.75, 3.05) is 0 Å². The molecule has 2 aromatic rings. The van der Waals surface area contributed by atoms with Gasteiger partial charge in [0.05, 0.1) is 17.4 Å². The molecule has 1 aromatic heterocycles. The van der Waals surface area contributed by atoms with Crippen molar-refractivity contribution in [2.45, 2.75) is 4.90 Å². The van der Waals surface area contributed by atoms with Crippen molar-refractivity contribution < 1.29 is 12.3 Å². The number of aryl methyl sites for hydroxylation is 1. The molecule has 0 unspecified atom stereocenters. The Hall–Kier alpha value is -1.43. The van der Waals surface area contributed by atoms with Crippen molar-refractivity contribution >= 4 is 21.3 Å². The van der Waals surface area contributed by atoms with Crippen molar-refractivity contribution in [3.05, 3.63) is 24.5 Å². The van der Waals surface area contributed by atoms with Gasteiger partial charge in [-0.3, -0.25) is 0 Å². The van der Waals surface area contributed by atoms with Crippen LogP contribution < -0.4 is 0 Å². The maximum atomic E-state index is 12.6. The van der Waals surface area contributed by atoms with Gasteiger partial charge >= 0.3 is 10.2 Å². The molecule has 2 rings (SSSR count). The maximum absolute atomic E-state index is 12.6. The first kappa shape index (κ1) is 9.14. The SMILES string of the molecule is Cn1cnc2ccc(S(=O)(=O)F)cc21. The summed E-state index contributed by atoms with van der Waals surface area (Å²) in [6.45, 7) is 0. The van der Waals surface area contributed by atoms with Crippen LogP contribution in [0.1, 0.15) is 0 Å². The quantitative estimate of drug-likeness (QED) is 0.671. The molecule has 1 heterocycles. The van der Waals surface area contributed by atoms with Crippen LogP contribution in [0.3, 0.4) is 0 Å². The molecule has 0 spiro atoms. The van der Waals surface area contributed by atoms with Gasteiger partial charge in [0, 0.05) is 7.05 Å². The molecule has 0 radical (unpaired) electrons. The number of halogens is 1. The number of fused-ring (bicyclic) bond motifs is 1. The Morgan fingerprint density at radius 3 is 2.79 bits per heavy atom. The van der Waals surface area contributed by atoms with Gasteiger partial charge in [-0.05, 0) is 18.2 Å². The first-order chi connectivity index (χ1) is 6.48. The summed E-state index contributed by atoms with van der Waals surface area (Å²) in [5, 5.41) is 0. The highest BCUT2D eigenvalue weighted by atomic mass is 32.3. The highest BCUT2D eigenvalue weighted by Gasteiger charge is 2.13. The molecule has 0 aliphatic carbocycles. The van der Waals surface area contributed by atoms with Crippen molar-refractivity contribution in [3.8, 4) is 0 Å². The second-order valence-corrected chi connectivity index (χ2v) is 4.29. The summed E-state index contributed by atoms with van der Waals surface area (Å²) in [6, 6.07) is 3.93. The zero-order valence-corrected chi connectivity index (χ0v) is 8.12. The number of hydrogen-bond donors (Lipinski definition) is 0. The lowest BCUT2D eigenvalue weighted by Gasteiger charge is -1.96. The number of hydrogen-bond acceptors (Lipinski definition) is 3. The van der Waals surface area contributed by atoms with E-state index in [-0.39, 0.29) is 4.90 Å². The van der Waals surface area contributed by atoms with Crippen LogP contribution in [0.4, 0.5) is 3.89 Å². The summed E-state index contributed by atoms with van der Waals surface area (Å²) >= 11 is 0. The Balaban J connectivity index is 2.79. The number of benzene rings is 1. The summed E-state index contributed by atoms with van der Waals surface area (Å²) in [4.78, 5) is 3.65. The van der Waals surface area contributed by atoms with Gasteiger partial charge in [0.15, 0.2) is 0 Å². The van der Waals surface area contributed by atoms with Crippen molar-refractivity contribution in [2.24, 2.45) is 7.05 Å². The van der Waals surface area contributed by atoms with Gasteiger partial charge < -0.3 is 4.57 Å². The average Bonchev–Trinajstić information content (AvgIpc) is 2.46. The van der Waals surface area contributed by atoms with E-state index in [9.17, 15) is 12.3 Å². The molecular weight excluding hydrogens is 207 g/mol. The first-order valence-electron chi connectivity index (χ1n) is 3.84. The van der Waals surface area contributed by atoms with Gasteiger partial charge in [-0.1, -0.05) is 0 Å². The van der Waals surface area contributed by atoms with Crippen LogP contribution in [0.15, 0.2) is 29.4 Å². The van der Waals surface area contributed by atoms with E-state index in [2.05, 4.69) is 4.98 Å². The largest absolute Gasteiger partial charge is 0.334 e. The van der Waals surface area contributed by atoms with Crippen LogP contribution in [0.25, 0.3) is 11.0 Å². The Labute approximate surface area is 80.2 Å². The lowest BCUT2D eigenvalue weighted by Crippen LogP contribution is -1.92. The molecule has 0 N–H and O–H groups in total. The second-order valence-electron chi connectivity index (χ2n) is 2.94. The lowest BCUT2D eigenvalue weighted by molar-refractivity contribution is 0.552. The molecular formula is C8H7FN2O2S. The lowest BCUT2D eigenvalue weighted by atomic mass is 10.3. The summed E-state index contributed by atoms with van der Waals surface area (Å²) in [6.07, 6.45) is 1.54. The van der Waals surface area contributed by atoms with Gasteiger partial charge in [-0.15, -0.1) is 3.89 Å². The van der Waals surface area contributed by atoms with E-state index in [1.165, 1.54) is 18.2 Å². The van der Waals surface area contributed by atoms with Gasteiger partial charge in [0.25, 0.3) is 0 Å². The third kappa shape index (κ3) is 1.37. The average molecular weight is 214 g/mol. The second kappa shape index (κ2) is 2.78. The number of rotatable bonds is 1. The van der Waals surface area contributed by atoms with E-state index in [1.54, 1.807) is 17.9 Å². The highest BCUT2D eigenvalue weighted by molar-refractivity contribution is 7.86. The minimum absolute atomic E-state index is 0.339. The fourth-order valence-electron chi connectivity index (χ4n) is 1.26. The van der Waals surface area contributed by atoms with Crippen molar-refractivity contribution in [1.82, 2.24) is 9.55 Å². The summed E-state index contributed by atoms with van der Waals surface area (Å²) < 4.78 is 35.5. The van der Waals surface area contributed by atoms with Crippen LogP contribution in [-0.2, 0) is 17.3 Å². The van der Waals surface area contributed by atoms with Crippen molar-refractivity contribution in [3.63, 3.8) is 0 Å². The van der Waals surface area contributed by atoms with Crippen molar-refractivity contribution in [1.29, 1.82) is 0 Å². The van der Waals surface area contributed by atoms with Crippen LogP contribution in [0, 0.1) is 0 Å². The summed E-state index contributed by atoms with van der Waals surface area (Å²) in [7, 11) is -2.92. The Kier molecular flexibility index (Phi) is 1.81. The van der Waals surface area contributed by atoms with Gasteiger partial charge in [0.1, 0.15) is 4.90 Å². The monoisotopic (exact) mass is 214 g/mol. The van der Waals surface area contributed by atoms with E-state index >= 15 is 0 Å². The molecule has 6 heteroatoms. The molecule has 0 amide bonds. The third-order valence-electron chi connectivity index (χ3n) is 1.98. The number of imidazole rings is 1. The molecule has 4 nitrogen and oxygen atoms in total. The molecule has 0 aliphatic heterocycles. The van der Waals surface area contributed by atoms with Crippen LogP contribution in [0.5, 0.6) is 0 Å². The molecule has 0 saturated carbocycles. The van der Waals surface area contributed by atoms with E-state index < -0.39 is 10.2 Å². The zero-order chi connectivity index (χ0) is 10.3. The Bertz CT molecular complexity index is 588. The Morgan fingerprint density at radius 2 is 2.14 bits per heavy atom. The van der Waals surface area contributed by atoms with E-state index in [0.717, 1.165) is 0 Å². The Morgan fingerprint density at radius 1 is 1.43 bits per heavy atom. The number of aromatic nitrogens is 2. The standard InChI is InChI=1S/C8H7FN2O2S/c1-11-5-10-7-3-2-6(4-8(7)11)14(9,12)13/h2-5H,1H3. The smallest absolute Gasteiger partial charge is 0.332 e. The van der Waals surface area contributed by atoms with E-state index in [0.29, 0.717) is 11.0 Å². The van der Waals surface area contributed by atoms with E-state index in [1.807, 2.05) is 0 Å². The molecule has 0 bridgehead atoms. The van der Waals surface area contributed by atoms with Gasteiger partial charge in [-0.25, -0.2) is 4.98 Å². The topological polar surface area (TPSA) is 52.0 Å². The van der Waals surface area contributed by atoms with Gasteiger partial charge in [0.2, 0.25) is 0 Å². The predicted octanol–water partition coefficient (Wildman–Crippen LogP) is 1.23. The minimum atomic E-state index is -4.63. The van der Waals surface area contributed by atoms with Crippen LogP contribution >= 0.6 is 0 Å². The molecule has 0 fully saturated rings. The molecule has 74 valence electrons. The highest BCUT2D eigenvalue weighted by Crippen LogP contribution is 2.18. The zero-order valence-electron chi connectivity index (χ0n) is 7.31. The molecule has 0 atom stereocenters. The summed E-state index contributed by atoms with van der Waals surface area (Å²) in [5.74, 6) is 0. The van der Waals surface area contributed by atoms with Gasteiger partial charge in [-0.2, -0.15) is 8.42 Å². The molecule has 0 aliphatic rings. The van der Waals surface area contributed by atoms with E-state index in [4.69, 9.17) is 0 Å². The van der Waals surface area contributed by atoms with Crippen LogP contribution in [0.2, 0.25) is 0 Å². The summed E-state index contributed by atoms with van der Waals surface area (Å²) in [5.41, 5.74) is 1.23. The molecule has 0 saturated heterocycles. The van der Waals surface area contributed by atoms with Crippen LogP contribution in [-0.4, -0.2) is 18.0 Å². The predicted molar refractivity (Wildman–Crippen MR) is 49.0 cm³/mol. The number of nitrogens with zero attached hydrogens (tertiary/aromatic N) is 2. The fraction of sp³-hybridized carbons (Fsp3) is 0.125. The molecule has 1 aromatic carbocycles. The fourth-order valence-corrected chi connectivity index (χ4v) is 1.74. The first-order valence-corrected chi connectivity index (χ1v) is 5.22. The maximum Gasteiger partial charge on any atom is 0.332 e. The minimum Gasteiger partial charge on any atom is -0.334 e. The normalized spacial score (nSPS) is 12.1. The third-order valence-corrected chi connectivity index (χ3v) is 2.80.